The lowest BCUT2D eigenvalue weighted by Crippen LogP contribution is -2.33. The van der Waals surface area contributed by atoms with E-state index in [1.165, 1.54) is 25.7 Å². The van der Waals surface area contributed by atoms with Crippen molar-refractivity contribution in [1.82, 2.24) is 5.32 Å². The molecule has 0 heterocycles. The first-order valence-electron chi connectivity index (χ1n) is 6.52. The van der Waals surface area contributed by atoms with Crippen LogP contribution in [-0.4, -0.2) is 23.7 Å². The molecule has 3 nitrogen and oxygen atoms in total. The highest BCUT2D eigenvalue weighted by Gasteiger charge is 2.18. The van der Waals surface area contributed by atoms with Crippen molar-refractivity contribution in [3.63, 3.8) is 0 Å². The van der Waals surface area contributed by atoms with Gasteiger partial charge in [-0.05, 0) is 31.1 Å². The Labute approximate surface area is 98.6 Å². The van der Waals surface area contributed by atoms with E-state index in [0.29, 0.717) is 24.8 Å². The highest BCUT2D eigenvalue weighted by atomic mass is 16.3. The van der Waals surface area contributed by atoms with Crippen LogP contribution in [0.3, 0.4) is 0 Å². The van der Waals surface area contributed by atoms with Crippen molar-refractivity contribution in [1.29, 1.82) is 0 Å². The molecule has 1 saturated carbocycles. The zero-order chi connectivity index (χ0) is 12.0. The molecule has 1 amide bonds. The number of carbonyl (C=O) groups excluding carboxylic acids is 1. The number of carbonyl (C=O) groups is 1. The summed E-state index contributed by atoms with van der Waals surface area (Å²) in [5.41, 5.74) is 0. The van der Waals surface area contributed by atoms with Crippen LogP contribution in [0.5, 0.6) is 0 Å². The fraction of sp³-hybridized carbons (Fsp3) is 0.923. The van der Waals surface area contributed by atoms with Gasteiger partial charge in [-0.15, -0.1) is 0 Å². The first-order valence-corrected chi connectivity index (χ1v) is 6.52. The molecule has 0 spiro atoms. The summed E-state index contributed by atoms with van der Waals surface area (Å²) in [4.78, 5) is 11.6. The summed E-state index contributed by atoms with van der Waals surface area (Å²) in [6, 6.07) is 0. The van der Waals surface area contributed by atoms with Crippen molar-refractivity contribution < 1.29 is 9.90 Å². The van der Waals surface area contributed by atoms with E-state index in [1.54, 1.807) is 0 Å². The van der Waals surface area contributed by atoms with Gasteiger partial charge < -0.3 is 10.4 Å². The molecule has 1 atom stereocenters. The Bertz CT molecular complexity index is 210. The maximum atomic E-state index is 11.6. The largest absolute Gasteiger partial charge is 0.391 e. The Morgan fingerprint density at radius 3 is 2.56 bits per heavy atom. The van der Waals surface area contributed by atoms with Crippen molar-refractivity contribution in [2.24, 2.45) is 11.8 Å². The predicted molar refractivity (Wildman–Crippen MR) is 65.0 cm³/mol. The van der Waals surface area contributed by atoms with Gasteiger partial charge in [0.05, 0.1) is 6.10 Å². The lowest BCUT2D eigenvalue weighted by atomic mass is 10.0. The Morgan fingerprint density at radius 2 is 2.00 bits per heavy atom. The summed E-state index contributed by atoms with van der Waals surface area (Å²) in [6.07, 6.45) is 5.94. The Balaban J connectivity index is 2.09. The Morgan fingerprint density at radius 1 is 1.38 bits per heavy atom. The SMILES string of the molecule is CC(C)CC(O)CNC(=O)CC1CCCC1. The zero-order valence-electron chi connectivity index (χ0n) is 10.5. The maximum absolute atomic E-state index is 11.6. The minimum Gasteiger partial charge on any atom is -0.391 e. The summed E-state index contributed by atoms with van der Waals surface area (Å²) in [5, 5.41) is 12.4. The predicted octanol–water partition coefficient (Wildman–Crippen LogP) is 2.09. The summed E-state index contributed by atoms with van der Waals surface area (Å²) >= 11 is 0. The second-order valence-corrected chi connectivity index (χ2v) is 5.44. The molecule has 2 N–H and O–H groups in total. The molecular weight excluding hydrogens is 202 g/mol. The van der Waals surface area contributed by atoms with E-state index in [1.807, 2.05) is 0 Å². The third kappa shape index (κ3) is 5.50. The number of aliphatic hydroxyl groups is 1. The lowest BCUT2D eigenvalue weighted by molar-refractivity contribution is -0.122. The standard InChI is InChI=1S/C13H25NO2/c1-10(2)7-12(15)9-14-13(16)8-11-5-3-4-6-11/h10-12,15H,3-9H2,1-2H3,(H,14,16). The van der Waals surface area contributed by atoms with Crippen molar-refractivity contribution in [3.8, 4) is 0 Å². The molecule has 1 unspecified atom stereocenters. The summed E-state index contributed by atoms with van der Waals surface area (Å²) in [7, 11) is 0. The molecule has 0 aliphatic heterocycles. The summed E-state index contributed by atoms with van der Waals surface area (Å²) in [6.45, 7) is 4.55. The van der Waals surface area contributed by atoms with Crippen LogP contribution in [-0.2, 0) is 4.79 Å². The number of rotatable bonds is 6. The fourth-order valence-electron chi connectivity index (χ4n) is 2.41. The highest BCUT2D eigenvalue weighted by Crippen LogP contribution is 2.27. The molecule has 1 fully saturated rings. The van der Waals surface area contributed by atoms with Gasteiger partial charge in [0.1, 0.15) is 0 Å². The number of amides is 1. The van der Waals surface area contributed by atoms with E-state index in [2.05, 4.69) is 19.2 Å². The molecule has 3 heteroatoms. The normalized spacial score (nSPS) is 19.0. The van der Waals surface area contributed by atoms with E-state index in [4.69, 9.17) is 0 Å². The fourth-order valence-corrected chi connectivity index (χ4v) is 2.41. The molecule has 0 bridgehead atoms. The summed E-state index contributed by atoms with van der Waals surface area (Å²) in [5.74, 6) is 1.17. The van der Waals surface area contributed by atoms with Gasteiger partial charge in [0.15, 0.2) is 0 Å². The van der Waals surface area contributed by atoms with Gasteiger partial charge in [-0.3, -0.25) is 4.79 Å². The van der Waals surface area contributed by atoms with Gasteiger partial charge in [-0.2, -0.15) is 0 Å². The molecule has 1 aliphatic carbocycles. The molecule has 1 rings (SSSR count). The third-order valence-corrected chi connectivity index (χ3v) is 3.23. The van der Waals surface area contributed by atoms with Gasteiger partial charge in [0, 0.05) is 13.0 Å². The van der Waals surface area contributed by atoms with Gasteiger partial charge in [-0.1, -0.05) is 26.7 Å². The molecule has 0 aromatic rings. The molecule has 0 saturated heterocycles. The van der Waals surface area contributed by atoms with Crippen LogP contribution in [0.4, 0.5) is 0 Å². The smallest absolute Gasteiger partial charge is 0.220 e. The van der Waals surface area contributed by atoms with Crippen molar-refractivity contribution in [2.75, 3.05) is 6.54 Å². The van der Waals surface area contributed by atoms with E-state index in [-0.39, 0.29) is 5.91 Å². The van der Waals surface area contributed by atoms with Crippen LogP contribution in [0, 0.1) is 11.8 Å². The van der Waals surface area contributed by atoms with Crippen LogP contribution < -0.4 is 5.32 Å². The number of hydrogen-bond donors (Lipinski definition) is 2. The van der Waals surface area contributed by atoms with Gasteiger partial charge in [-0.25, -0.2) is 0 Å². The highest BCUT2D eigenvalue weighted by molar-refractivity contribution is 5.76. The topological polar surface area (TPSA) is 49.3 Å². The zero-order valence-corrected chi connectivity index (χ0v) is 10.5. The van der Waals surface area contributed by atoms with E-state index >= 15 is 0 Å². The van der Waals surface area contributed by atoms with Gasteiger partial charge >= 0.3 is 0 Å². The first-order chi connectivity index (χ1) is 7.58. The van der Waals surface area contributed by atoms with Crippen LogP contribution in [0.15, 0.2) is 0 Å². The number of aliphatic hydroxyl groups excluding tert-OH is 1. The molecule has 94 valence electrons. The second-order valence-electron chi connectivity index (χ2n) is 5.44. The maximum Gasteiger partial charge on any atom is 0.220 e. The Hall–Kier alpha value is -0.570. The van der Waals surface area contributed by atoms with Crippen LogP contribution >= 0.6 is 0 Å². The lowest BCUT2D eigenvalue weighted by Gasteiger charge is -2.15. The third-order valence-electron chi connectivity index (χ3n) is 3.23. The quantitative estimate of drug-likeness (QED) is 0.730. The average molecular weight is 227 g/mol. The van der Waals surface area contributed by atoms with Crippen molar-refractivity contribution in [2.45, 2.75) is 58.5 Å². The molecule has 16 heavy (non-hydrogen) atoms. The molecule has 0 aromatic heterocycles. The summed E-state index contributed by atoms with van der Waals surface area (Å²) < 4.78 is 0. The van der Waals surface area contributed by atoms with Gasteiger partial charge in [0.2, 0.25) is 5.91 Å². The monoisotopic (exact) mass is 227 g/mol. The molecular formula is C13H25NO2. The van der Waals surface area contributed by atoms with Crippen molar-refractivity contribution in [3.05, 3.63) is 0 Å². The molecule has 0 aromatic carbocycles. The van der Waals surface area contributed by atoms with Crippen LogP contribution in [0.2, 0.25) is 0 Å². The van der Waals surface area contributed by atoms with E-state index in [9.17, 15) is 9.90 Å². The van der Waals surface area contributed by atoms with Gasteiger partial charge in [0.25, 0.3) is 0 Å². The minimum absolute atomic E-state index is 0.106. The van der Waals surface area contributed by atoms with E-state index in [0.717, 1.165) is 6.42 Å². The Kier molecular flexibility index (Phi) is 5.81. The van der Waals surface area contributed by atoms with Crippen LogP contribution in [0.1, 0.15) is 52.4 Å². The van der Waals surface area contributed by atoms with Crippen molar-refractivity contribution >= 4 is 5.91 Å². The van der Waals surface area contributed by atoms with Crippen LogP contribution in [0.25, 0.3) is 0 Å². The second kappa shape index (κ2) is 6.89. The van der Waals surface area contributed by atoms with E-state index < -0.39 is 6.10 Å². The molecule has 0 radical (unpaired) electrons. The average Bonchev–Trinajstić information content (AvgIpc) is 2.66. The molecule has 1 aliphatic rings. The number of nitrogens with one attached hydrogen (secondary N) is 1. The first kappa shape index (κ1) is 13.5. The number of hydrogen-bond acceptors (Lipinski definition) is 2. The minimum atomic E-state index is -0.396.